The van der Waals surface area contributed by atoms with Gasteiger partial charge in [-0.15, -0.1) is 0 Å². The number of nitrogens with zero attached hydrogens (tertiary/aromatic N) is 2. The average molecular weight is 488 g/mol. The number of benzene rings is 3. The first-order valence-corrected chi connectivity index (χ1v) is 11.7. The number of ether oxygens (including phenoxy) is 2. The van der Waals surface area contributed by atoms with E-state index < -0.39 is 30.2 Å². The van der Waals surface area contributed by atoms with Crippen LogP contribution in [0.25, 0.3) is 0 Å². The molecule has 2 aliphatic heterocycles. The van der Waals surface area contributed by atoms with Crippen molar-refractivity contribution < 1.29 is 28.7 Å². The first-order valence-electron chi connectivity index (χ1n) is 11.7. The summed E-state index contributed by atoms with van der Waals surface area (Å²) in [4.78, 5) is 46.0. The van der Waals surface area contributed by atoms with Crippen LogP contribution in [0, 0.1) is 0 Å². The van der Waals surface area contributed by atoms with Gasteiger partial charge in [0.15, 0.2) is 6.04 Å². The third kappa shape index (κ3) is 4.60. The molecule has 1 fully saturated rings. The zero-order valence-electron chi connectivity index (χ0n) is 19.6. The molecule has 0 radical (unpaired) electrons. The second-order valence-corrected chi connectivity index (χ2v) is 8.36. The van der Waals surface area contributed by atoms with Crippen LogP contribution < -0.4 is 10.1 Å². The fraction of sp³-hybridized carbons (Fsp3) is 0.222. The number of carbonyl (C=O) groups is 3. The largest absolute Gasteiger partial charge is 0.464 e. The van der Waals surface area contributed by atoms with E-state index in [9.17, 15) is 14.4 Å². The summed E-state index contributed by atoms with van der Waals surface area (Å²) in [5.41, 5.74) is 2.77. The number of hydrogen-bond acceptors (Lipinski definition) is 6. The van der Waals surface area contributed by atoms with Gasteiger partial charge in [0.1, 0.15) is 18.4 Å². The van der Waals surface area contributed by atoms with Crippen molar-refractivity contribution in [1.82, 2.24) is 9.96 Å². The van der Waals surface area contributed by atoms with Gasteiger partial charge in [-0.1, -0.05) is 54.6 Å². The Morgan fingerprint density at radius 3 is 2.42 bits per heavy atom. The minimum absolute atomic E-state index is 0.186. The maximum Gasteiger partial charge on any atom is 0.417 e. The molecule has 1 N–H and O–H groups in total. The molecule has 0 saturated carbocycles. The lowest BCUT2D eigenvalue weighted by Crippen LogP contribution is -2.39. The fourth-order valence-electron chi connectivity index (χ4n) is 4.47. The van der Waals surface area contributed by atoms with Gasteiger partial charge >= 0.3 is 18.1 Å². The lowest BCUT2D eigenvalue weighted by atomic mass is 9.91. The monoisotopic (exact) mass is 487 g/mol. The normalized spacial score (nSPS) is 18.0. The van der Waals surface area contributed by atoms with Gasteiger partial charge in [-0.05, 0) is 47.9 Å². The van der Waals surface area contributed by atoms with Crippen molar-refractivity contribution in [2.24, 2.45) is 0 Å². The second-order valence-electron chi connectivity index (χ2n) is 8.36. The first-order chi connectivity index (χ1) is 17.5. The van der Waals surface area contributed by atoms with Crippen LogP contribution in [-0.2, 0) is 21.0 Å². The van der Waals surface area contributed by atoms with Crippen LogP contribution in [0.5, 0.6) is 5.75 Å². The molecule has 0 aromatic heterocycles. The van der Waals surface area contributed by atoms with E-state index in [0.717, 1.165) is 5.56 Å². The van der Waals surface area contributed by atoms with Crippen molar-refractivity contribution in [1.29, 1.82) is 0 Å². The second kappa shape index (κ2) is 10.1. The lowest BCUT2D eigenvalue weighted by molar-refractivity contribution is -0.149. The molecular formula is C27H25N3O6. The van der Waals surface area contributed by atoms with Gasteiger partial charge in [-0.3, -0.25) is 10.2 Å². The van der Waals surface area contributed by atoms with E-state index in [-0.39, 0.29) is 25.5 Å². The Kier molecular flexibility index (Phi) is 6.55. The van der Waals surface area contributed by atoms with E-state index in [1.54, 1.807) is 49.4 Å². The molecule has 9 nitrogen and oxygen atoms in total. The molecule has 0 spiro atoms. The highest BCUT2D eigenvalue weighted by atomic mass is 16.7. The molecule has 36 heavy (non-hydrogen) atoms. The van der Waals surface area contributed by atoms with E-state index in [1.165, 1.54) is 9.96 Å². The Morgan fingerprint density at radius 1 is 0.972 bits per heavy atom. The summed E-state index contributed by atoms with van der Waals surface area (Å²) in [5.74, 6) is -0.244. The number of carbonyl (C=O) groups excluding carboxylic acids is 3. The maximum atomic E-state index is 13.3. The van der Waals surface area contributed by atoms with Crippen molar-refractivity contribution in [3.63, 3.8) is 0 Å². The minimum atomic E-state index is -0.916. The van der Waals surface area contributed by atoms with Crippen LogP contribution >= 0.6 is 0 Å². The Bertz CT molecular complexity index is 1270. The summed E-state index contributed by atoms with van der Waals surface area (Å²) in [6, 6.07) is 21.6. The number of urea groups is 1. The Hall–Kier alpha value is -4.37. The summed E-state index contributed by atoms with van der Waals surface area (Å²) in [5, 5.41) is 3.96. The Morgan fingerprint density at radius 2 is 1.69 bits per heavy atom. The Balaban J connectivity index is 1.42. The first kappa shape index (κ1) is 23.4. The number of esters is 1. The maximum absolute atomic E-state index is 13.3. The van der Waals surface area contributed by atoms with Gasteiger partial charge in [0.25, 0.3) is 0 Å². The quantitative estimate of drug-likeness (QED) is 0.480. The summed E-state index contributed by atoms with van der Waals surface area (Å²) in [6.07, 6.45) is -0.653. The van der Waals surface area contributed by atoms with Crippen LogP contribution in [0.15, 0.2) is 78.9 Å². The number of hydrogen-bond donors (Lipinski definition) is 1. The van der Waals surface area contributed by atoms with E-state index in [2.05, 4.69) is 5.32 Å². The lowest BCUT2D eigenvalue weighted by Gasteiger charge is -2.31. The van der Waals surface area contributed by atoms with Crippen molar-refractivity contribution in [3.05, 3.63) is 95.6 Å². The molecular weight excluding hydrogens is 462 g/mol. The zero-order chi connectivity index (χ0) is 25.1. The summed E-state index contributed by atoms with van der Waals surface area (Å²) in [7, 11) is 0. The van der Waals surface area contributed by atoms with Crippen molar-refractivity contribution in [3.8, 4) is 5.75 Å². The minimum Gasteiger partial charge on any atom is -0.464 e. The van der Waals surface area contributed by atoms with Crippen LogP contribution in [-0.4, -0.2) is 41.2 Å². The Labute approximate surface area is 208 Å². The number of fused-ring (bicyclic) bond motifs is 4. The number of amides is 3. The van der Waals surface area contributed by atoms with E-state index in [4.69, 9.17) is 14.3 Å². The van der Waals surface area contributed by atoms with Crippen molar-refractivity contribution in [2.75, 3.05) is 18.5 Å². The molecule has 2 unspecified atom stereocenters. The van der Waals surface area contributed by atoms with Crippen molar-refractivity contribution in [2.45, 2.75) is 25.6 Å². The predicted octanol–water partition coefficient (Wildman–Crippen LogP) is 4.83. The van der Waals surface area contributed by atoms with Crippen LogP contribution in [0.1, 0.15) is 35.7 Å². The smallest absolute Gasteiger partial charge is 0.417 e. The molecule has 5 rings (SSSR count). The summed E-state index contributed by atoms with van der Waals surface area (Å²) >= 11 is 0. The topological polar surface area (TPSA) is 97.4 Å². The number of hydroxylamine groups is 2. The molecule has 2 aliphatic rings. The molecule has 3 amide bonds. The van der Waals surface area contributed by atoms with Gasteiger partial charge in [0.05, 0.1) is 13.2 Å². The molecule has 0 aliphatic carbocycles. The SMILES string of the molecule is CCOC(=O)C1c2ccc(OC(=O)Nc3ccccc3)cc2C2CN1C(=O)N2OCc1ccccc1. The standard InChI is InChI=1S/C27H25N3O6/c1-2-34-25(31)24-21-14-13-20(36-26(32)28-19-11-7-4-8-12-19)15-22(21)23-16-29(24)27(33)30(23)35-17-18-9-5-3-6-10-18/h3-15,23-24H,2,16-17H2,1H3,(H,28,32). The van der Waals surface area contributed by atoms with Gasteiger partial charge in [0.2, 0.25) is 0 Å². The summed E-state index contributed by atoms with van der Waals surface area (Å²) < 4.78 is 10.8. The number of rotatable bonds is 7. The van der Waals surface area contributed by atoms with E-state index in [1.807, 2.05) is 36.4 Å². The summed E-state index contributed by atoms with van der Waals surface area (Å²) in [6.45, 7) is 2.33. The van der Waals surface area contributed by atoms with Gasteiger partial charge < -0.3 is 14.4 Å². The van der Waals surface area contributed by atoms with Gasteiger partial charge in [-0.2, -0.15) is 5.06 Å². The number of anilines is 1. The highest BCUT2D eigenvalue weighted by molar-refractivity contribution is 5.89. The third-order valence-corrected chi connectivity index (χ3v) is 6.06. The van der Waals surface area contributed by atoms with Gasteiger partial charge in [-0.25, -0.2) is 14.4 Å². The van der Waals surface area contributed by atoms with E-state index >= 15 is 0 Å². The average Bonchev–Trinajstić information content (AvgIpc) is 3.16. The van der Waals surface area contributed by atoms with Crippen molar-refractivity contribution >= 4 is 23.8 Å². The zero-order valence-corrected chi connectivity index (χ0v) is 19.6. The fourth-order valence-corrected chi connectivity index (χ4v) is 4.47. The number of nitrogens with one attached hydrogen (secondary N) is 1. The van der Waals surface area contributed by atoms with Crippen LogP contribution in [0.4, 0.5) is 15.3 Å². The molecule has 3 aromatic carbocycles. The molecule has 3 aromatic rings. The molecule has 9 heteroatoms. The van der Waals surface area contributed by atoms with Crippen LogP contribution in [0.2, 0.25) is 0 Å². The molecule has 2 bridgehead atoms. The molecule has 2 heterocycles. The third-order valence-electron chi connectivity index (χ3n) is 6.06. The molecule has 184 valence electrons. The molecule has 2 atom stereocenters. The van der Waals surface area contributed by atoms with E-state index in [0.29, 0.717) is 16.8 Å². The molecule has 1 saturated heterocycles. The predicted molar refractivity (Wildman–Crippen MR) is 130 cm³/mol. The highest BCUT2D eigenvalue weighted by Gasteiger charge is 2.51. The highest BCUT2D eigenvalue weighted by Crippen LogP contribution is 2.45. The van der Waals surface area contributed by atoms with Gasteiger partial charge in [0, 0.05) is 5.69 Å². The van der Waals surface area contributed by atoms with Crippen LogP contribution in [0.3, 0.4) is 0 Å². The number of para-hydroxylation sites is 1.